The summed E-state index contributed by atoms with van der Waals surface area (Å²) < 4.78 is 4.98. The van der Waals surface area contributed by atoms with Gasteiger partial charge in [0.2, 0.25) is 0 Å². The molecule has 1 rings (SSSR count). The highest BCUT2D eigenvalue weighted by Crippen LogP contribution is 2.22. The van der Waals surface area contributed by atoms with E-state index in [0.717, 1.165) is 5.56 Å². The van der Waals surface area contributed by atoms with Crippen LogP contribution < -0.4 is 5.32 Å². The normalized spacial score (nSPS) is 12.3. The Morgan fingerprint density at radius 2 is 2.00 bits per heavy atom. The van der Waals surface area contributed by atoms with Crippen molar-refractivity contribution in [3.63, 3.8) is 0 Å². The van der Waals surface area contributed by atoms with E-state index in [9.17, 15) is 10.2 Å². The van der Waals surface area contributed by atoms with Gasteiger partial charge in [0.25, 0.3) is 0 Å². The van der Waals surface area contributed by atoms with E-state index in [0.29, 0.717) is 24.8 Å². The maximum Gasteiger partial charge on any atom is 0.121 e. The molecule has 0 bridgehead atoms. The van der Waals surface area contributed by atoms with Crippen LogP contribution in [0.4, 0.5) is 0 Å². The third-order valence-electron chi connectivity index (χ3n) is 2.51. The fourth-order valence-corrected chi connectivity index (χ4v) is 1.55. The number of phenolic OH excluding ortho intramolecular Hbond substituents is 1. The number of hydrogen-bond acceptors (Lipinski definition) is 4. The van der Waals surface area contributed by atoms with Crippen LogP contribution in [0.2, 0.25) is 0 Å². The van der Waals surface area contributed by atoms with Crippen molar-refractivity contribution >= 4 is 12.4 Å². The topological polar surface area (TPSA) is 61.7 Å². The number of methoxy groups -OCH3 is 1. The molecule has 1 aromatic rings. The lowest BCUT2D eigenvalue weighted by atomic mass is 10.1. The van der Waals surface area contributed by atoms with Crippen LogP contribution in [-0.2, 0) is 11.3 Å². The van der Waals surface area contributed by atoms with E-state index in [-0.39, 0.29) is 18.2 Å². The lowest BCUT2D eigenvalue weighted by Gasteiger charge is -2.15. The number of aromatic hydroxyl groups is 1. The molecule has 0 amide bonds. The van der Waals surface area contributed by atoms with E-state index in [1.807, 2.05) is 13.8 Å². The smallest absolute Gasteiger partial charge is 0.121 e. The summed E-state index contributed by atoms with van der Waals surface area (Å²) in [6.07, 6.45) is -0.575. The van der Waals surface area contributed by atoms with Gasteiger partial charge in [-0.05, 0) is 17.7 Å². The van der Waals surface area contributed by atoms with Gasteiger partial charge in [0.1, 0.15) is 5.75 Å². The predicted octanol–water partition coefficient (Wildman–Crippen LogP) is 1.99. The van der Waals surface area contributed by atoms with E-state index in [1.54, 1.807) is 25.3 Å². The molecule has 1 atom stereocenters. The standard InChI is InChI=1S/C13H21NO3.ClH/c1-9(2)14-7-13(16)10-4-5-12(15)11(6-10)8-17-3;/h4-6,9,13-16H,7-8H2,1-3H3;1H. The first kappa shape index (κ1) is 17.2. The van der Waals surface area contributed by atoms with Crippen molar-refractivity contribution in [2.24, 2.45) is 0 Å². The van der Waals surface area contributed by atoms with E-state index >= 15 is 0 Å². The van der Waals surface area contributed by atoms with E-state index in [2.05, 4.69) is 5.32 Å². The Bertz CT molecular complexity index is 358. The van der Waals surface area contributed by atoms with Crippen molar-refractivity contribution in [3.05, 3.63) is 29.3 Å². The highest BCUT2D eigenvalue weighted by molar-refractivity contribution is 5.85. The van der Waals surface area contributed by atoms with Crippen LogP contribution in [0.5, 0.6) is 5.75 Å². The summed E-state index contributed by atoms with van der Waals surface area (Å²) in [4.78, 5) is 0. The molecule has 0 radical (unpaired) electrons. The first-order valence-corrected chi connectivity index (χ1v) is 5.76. The number of aliphatic hydroxyl groups is 1. The van der Waals surface area contributed by atoms with Gasteiger partial charge < -0.3 is 20.3 Å². The van der Waals surface area contributed by atoms with Gasteiger partial charge in [-0.1, -0.05) is 19.9 Å². The third kappa shape index (κ3) is 5.23. The van der Waals surface area contributed by atoms with Crippen LogP contribution in [0.1, 0.15) is 31.1 Å². The van der Waals surface area contributed by atoms with Crippen LogP contribution in [0.25, 0.3) is 0 Å². The summed E-state index contributed by atoms with van der Waals surface area (Å²) in [5.41, 5.74) is 1.47. The number of benzene rings is 1. The molecular weight excluding hydrogens is 254 g/mol. The zero-order chi connectivity index (χ0) is 12.8. The molecule has 0 saturated heterocycles. The molecule has 0 aliphatic carbocycles. The predicted molar refractivity (Wildman–Crippen MR) is 74.2 cm³/mol. The van der Waals surface area contributed by atoms with Crippen LogP contribution in [0.3, 0.4) is 0 Å². The number of hydrogen-bond donors (Lipinski definition) is 3. The van der Waals surface area contributed by atoms with Gasteiger partial charge in [-0.3, -0.25) is 0 Å². The van der Waals surface area contributed by atoms with E-state index in [1.165, 1.54) is 0 Å². The zero-order valence-corrected chi connectivity index (χ0v) is 11.8. The SMILES string of the molecule is COCc1cc(C(O)CNC(C)C)ccc1O.Cl. The molecule has 5 heteroatoms. The molecule has 0 aliphatic rings. The van der Waals surface area contributed by atoms with Crippen LogP contribution in [0, 0.1) is 0 Å². The minimum absolute atomic E-state index is 0. The van der Waals surface area contributed by atoms with Crippen molar-refractivity contribution in [2.75, 3.05) is 13.7 Å². The highest BCUT2D eigenvalue weighted by atomic mass is 35.5. The van der Waals surface area contributed by atoms with Gasteiger partial charge in [0, 0.05) is 25.3 Å². The Morgan fingerprint density at radius 1 is 1.33 bits per heavy atom. The minimum Gasteiger partial charge on any atom is -0.508 e. The fourth-order valence-electron chi connectivity index (χ4n) is 1.55. The van der Waals surface area contributed by atoms with E-state index in [4.69, 9.17) is 4.74 Å². The minimum atomic E-state index is -0.575. The van der Waals surface area contributed by atoms with Gasteiger partial charge in [-0.15, -0.1) is 12.4 Å². The number of rotatable bonds is 6. The Labute approximate surface area is 114 Å². The maximum atomic E-state index is 9.97. The van der Waals surface area contributed by atoms with Crippen molar-refractivity contribution in [1.29, 1.82) is 0 Å². The molecule has 0 heterocycles. The first-order valence-electron chi connectivity index (χ1n) is 5.76. The van der Waals surface area contributed by atoms with Crippen molar-refractivity contribution in [1.82, 2.24) is 5.32 Å². The average molecular weight is 276 g/mol. The Balaban J connectivity index is 0.00000289. The zero-order valence-electron chi connectivity index (χ0n) is 11.0. The highest BCUT2D eigenvalue weighted by Gasteiger charge is 2.10. The maximum absolute atomic E-state index is 9.97. The van der Waals surface area contributed by atoms with Crippen LogP contribution in [0.15, 0.2) is 18.2 Å². The second-order valence-corrected chi connectivity index (χ2v) is 4.40. The Kier molecular flexibility index (Phi) is 7.95. The summed E-state index contributed by atoms with van der Waals surface area (Å²) in [6, 6.07) is 5.41. The lowest BCUT2D eigenvalue weighted by Crippen LogP contribution is -2.27. The van der Waals surface area contributed by atoms with Crippen molar-refractivity contribution in [3.8, 4) is 5.75 Å². The van der Waals surface area contributed by atoms with Crippen molar-refractivity contribution < 1.29 is 14.9 Å². The Hall–Kier alpha value is -0.810. The monoisotopic (exact) mass is 275 g/mol. The van der Waals surface area contributed by atoms with Gasteiger partial charge in [-0.2, -0.15) is 0 Å². The van der Waals surface area contributed by atoms with E-state index < -0.39 is 6.10 Å². The number of phenols is 1. The molecule has 0 aromatic heterocycles. The molecule has 1 aromatic carbocycles. The van der Waals surface area contributed by atoms with Crippen molar-refractivity contribution in [2.45, 2.75) is 32.6 Å². The summed E-state index contributed by atoms with van der Waals surface area (Å²) >= 11 is 0. The number of nitrogens with one attached hydrogen (secondary N) is 1. The molecule has 3 N–H and O–H groups in total. The van der Waals surface area contributed by atoms with Gasteiger partial charge in [0.15, 0.2) is 0 Å². The number of halogens is 1. The number of ether oxygens (including phenoxy) is 1. The largest absolute Gasteiger partial charge is 0.508 e. The quantitative estimate of drug-likeness (QED) is 0.743. The molecule has 0 aliphatic heterocycles. The molecule has 1 unspecified atom stereocenters. The fraction of sp³-hybridized carbons (Fsp3) is 0.538. The second-order valence-electron chi connectivity index (χ2n) is 4.40. The lowest BCUT2D eigenvalue weighted by molar-refractivity contribution is 0.169. The molecule has 18 heavy (non-hydrogen) atoms. The molecule has 0 fully saturated rings. The summed E-state index contributed by atoms with van der Waals surface area (Å²) in [5, 5.41) is 22.7. The molecular formula is C13H22ClNO3. The van der Waals surface area contributed by atoms with Crippen LogP contribution in [-0.4, -0.2) is 29.9 Å². The molecule has 0 saturated carbocycles. The molecule has 104 valence electrons. The summed E-state index contributed by atoms with van der Waals surface area (Å²) in [6.45, 7) is 4.89. The third-order valence-corrected chi connectivity index (χ3v) is 2.51. The second kappa shape index (κ2) is 8.32. The molecule has 0 spiro atoms. The first-order chi connectivity index (χ1) is 8.04. The summed E-state index contributed by atoms with van der Waals surface area (Å²) in [7, 11) is 1.57. The van der Waals surface area contributed by atoms with Gasteiger partial charge in [-0.25, -0.2) is 0 Å². The van der Waals surface area contributed by atoms with Crippen LogP contribution >= 0.6 is 12.4 Å². The van der Waals surface area contributed by atoms with Gasteiger partial charge >= 0.3 is 0 Å². The molecule has 4 nitrogen and oxygen atoms in total. The summed E-state index contributed by atoms with van der Waals surface area (Å²) in [5.74, 6) is 0.194. The Morgan fingerprint density at radius 3 is 2.56 bits per heavy atom. The average Bonchev–Trinajstić information content (AvgIpc) is 2.29. The van der Waals surface area contributed by atoms with Gasteiger partial charge in [0.05, 0.1) is 12.7 Å². The number of aliphatic hydroxyl groups excluding tert-OH is 1.